The molecule has 1 N–H and O–H groups in total. The largest absolute Gasteiger partial charge is 0.497 e. The number of aromatic nitrogens is 2. The van der Waals surface area contributed by atoms with E-state index in [9.17, 15) is 9.59 Å². The number of para-hydroxylation sites is 1. The number of nitrogens with one attached hydrogen (secondary N) is 1. The summed E-state index contributed by atoms with van der Waals surface area (Å²) in [6.07, 6.45) is 5.49. The Hall–Kier alpha value is -3.26. The van der Waals surface area contributed by atoms with Crippen molar-refractivity contribution in [3.8, 4) is 11.4 Å². The number of carbonyl (C=O) groups is 2. The maximum absolute atomic E-state index is 12.8. The van der Waals surface area contributed by atoms with Crippen LogP contribution in [0.1, 0.15) is 34.9 Å². The lowest BCUT2D eigenvalue weighted by molar-refractivity contribution is -0.125. The number of nitrogens with zero attached hydrogens (tertiary/aromatic N) is 2. The van der Waals surface area contributed by atoms with Crippen molar-refractivity contribution in [3.05, 3.63) is 72.1 Å². The molecule has 8 heteroatoms. The summed E-state index contributed by atoms with van der Waals surface area (Å²) in [5.41, 5.74) is 2.10. The van der Waals surface area contributed by atoms with Gasteiger partial charge in [0.05, 0.1) is 19.3 Å². The van der Waals surface area contributed by atoms with Gasteiger partial charge < -0.3 is 14.8 Å². The minimum Gasteiger partial charge on any atom is -0.497 e. The van der Waals surface area contributed by atoms with Crippen LogP contribution in [-0.2, 0) is 9.53 Å². The summed E-state index contributed by atoms with van der Waals surface area (Å²) in [6, 6.07) is 17.0. The molecule has 1 atom stereocenters. The Morgan fingerprint density at radius 2 is 1.88 bits per heavy atom. The molecule has 4 rings (SSSR count). The Morgan fingerprint density at radius 1 is 1.16 bits per heavy atom. The SMILES string of the molecule is COc1ccc(C(NC(=O)COC(=O)c2cnc(SC)n2-c2ccccc2)C2CC2)cc1. The minimum absolute atomic E-state index is 0.106. The smallest absolute Gasteiger partial charge is 0.357 e. The lowest BCUT2D eigenvalue weighted by Gasteiger charge is -2.19. The van der Waals surface area contributed by atoms with Crippen LogP contribution >= 0.6 is 11.8 Å². The lowest BCUT2D eigenvalue weighted by Crippen LogP contribution is -2.33. The van der Waals surface area contributed by atoms with Crippen LogP contribution in [0.4, 0.5) is 0 Å². The van der Waals surface area contributed by atoms with Gasteiger partial charge in [0.2, 0.25) is 0 Å². The third-order valence-electron chi connectivity index (χ3n) is 5.35. The molecule has 1 aliphatic carbocycles. The van der Waals surface area contributed by atoms with E-state index in [4.69, 9.17) is 9.47 Å². The summed E-state index contributed by atoms with van der Waals surface area (Å²) in [5, 5.41) is 3.69. The van der Waals surface area contributed by atoms with Crippen molar-refractivity contribution in [1.29, 1.82) is 0 Å². The summed E-state index contributed by atoms with van der Waals surface area (Å²) in [6.45, 7) is -0.354. The van der Waals surface area contributed by atoms with Gasteiger partial charge in [-0.25, -0.2) is 9.78 Å². The number of ether oxygens (including phenoxy) is 2. The van der Waals surface area contributed by atoms with Gasteiger partial charge in [0.25, 0.3) is 5.91 Å². The van der Waals surface area contributed by atoms with E-state index >= 15 is 0 Å². The molecule has 3 aromatic rings. The molecule has 1 amide bonds. The molecule has 2 aromatic carbocycles. The first-order valence-corrected chi connectivity index (χ1v) is 11.6. The average molecular weight is 452 g/mol. The van der Waals surface area contributed by atoms with E-state index < -0.39 is 5.97 Å². The molecule has 0 saturated heterocycles. The normalized spacial score (nSPS) is 13.9. The molecule has 0 aliphatic heterocycles. The van der Waals surface area contributed by atoms with Gasteiger partial charge in [-0.1, -0.05) is 42.1 Å². The third kappa shape index (κ3) is 4.96. The molecule has 1 aliphatic rings. The fourth-order valence-corrected chi connectivity index (χ4v) is 4.13. The van der Waals surface area contributed by atoms with Gasteiger partial charge in [0.15, 0.2) is 17.5 Å². The number of esters is 1. The molecule has 166 valence electrons. The average Bonchev–Trinajstić information content (AvgIpc) is 3.59. The van der Waals surface area contributed by atoms with E-state index in [1.807, 2.05) is 60.9 Å². The Balaban J connectivity index is 1.42. The number of amides is 1. The zero-order valence-corrected chi connectivity index (χ0v) is 18.8. The van der Waals surface area contributed by atoms with Gasteiger partial charge >= 0.3 is 5.97 Å². The Morgan fingerprint density at radius 3 is 2.50 bits per heavy atom. The van der Waals surface area contributed by atoms with Crippen molar-refractivity contribution in [3.63, 3.8) is 0 Å². The Bertz CT molecular complexity index is 1080. The molecule has 7 nitrogen and oxygen atoms in total. The number of thioether (sulfide) groups is 1. The number of imidazole rings is 1. The molecular formula is C24H25N3O4S. The van der Waals surface area contributed by atoms with Crippen LogP contribution in [0.25, 0.3) is 5.69 Å². The second-order valence-corrected chi connectivity index (χ2v) is 8.31. The second kappa shape index (κ2) is 9.91. The maximum atomic E-state index is 12.8. The predicted molar refractivity (Wildman–Crippen MR) is 122 cm³/mol. The first-order valence-electron chi connectivity index (χ1n) is 10.4. The highest BCUT2D eigenvalue weighted by atomic mass is 32.2. The molecule has 1 heterocycles. The maximum Gasteiger partial charge on any atom is 0.357 e. The minimum atomic E-state index is -0.593. The number of hydrogen-bond acceptors (Lipinski definition) is 6. The predicted octanol–water partition coefficient (Wildman–Crippen LogP) is 4.03. The second-order valence-electron chi connectivity index (χ2n) is 7.53. The standard InChI is InChI=1S/C24H25N3O4S/c1-30-19-12-10-17(11-13-19)22(16-8-9-16)26-21(28)15-31-23(29)20-14-25-24(32-2)27(20)18-6-4-3-5-7-18/h3-7,10-14,16,22H,8-9,15H2,1-2H3,(H,26,28). The topological polar surface area (TPSA) is 82.4 Å². The fraction of sp³-hybridized carbons (Fsp3) is 0.292. The number of hydrogen-bond donors (Lipinski definition) is 1. The highest BCUT2D eigenvalue weighted by Gasteiger charge is 2.33. The lowest BCUT2D eigenvalue weighted by atomic mass is 10.0. The molecule has 0 spiro atoms. The van der Waals surface area contributed by atoms with Crippen LogP contribution in [0.15, 0.2) is 66.0 Å². The highest BCUT2D eigenvalue weighted by Crippen LogP contribution is 2.41. The molecule has 1 fully saturated rings. The molecule has 0 bridgehead atoms. The van der Waals surface area contributed by atoms with Crippen LogP contribution < -0.4 is 10.1 Å². The molecule has 1 aromatic heterocycles. The third-order valence-corrected chi connectivity index (χ3v) is 6.01. The van der Waals surface area contributed by atoms with Crippen molar-refractivity contribution in [2.75, 3.05) is 20.0 Å². The zero-order valence-electron chi connectivity index (χ0n) is 18.0. The van der Waals surface area contributed by atoms with Crippen LogP contribution in [0.2, 0.25) is 0 Å². The Labute approximate surface area is 191 Å². The summed E-state index contributed by atoms with van der Waals surface area (Å²) in [7, 11) is 1.62. The summed E-state index contributed by atoms with van der Waals surface area (Å²) >= 11 is 1.43. The number of rotatable bonds is 9. The van der Waals surface area contributed by atoms with Crippen LogP contribution in [0.3, 0.4) is 0 Å². The van der Waals surface area contributed by atoms with Gasteiger partial charge in [-0.05, 0) is 54.8 Å². The van der Waals surface area contributed by atoms with Gasteiger partial charge in [0, 0.05) is 5.69 Å². The van der Waals surface area contributed by atoms with Gasteiger partial charge in [-0.3, -0.25) is 9.36 Å². The quantitative estimate of drug-likeness (QED) is 0.391. The number of carbonyl (C=O) groups excluding carboxylic acids is 2. The summed E-state index contributed by atoms with van der Waals surface area (Å²) in [4.78, 5) is 29.7. The van der Waals surface area contributed by atoms with Crippen LogP contribution in [0, 0.1) is 5.92 Å². The van der Waals surface area contributed by atoms with Crippen molar-refractivity contribution < 1.29 is 19.1 Å². The molecule has 1 unspecified atom stereocenters. The first-order chi connectivity index (χ1) is 15.6. The van der Waals surface area contributed by atoms with Crippen LogP contribution in [-0.4, -0.2) is 41.4 Å². The van der Waals surface area contributed by atoms with E-state index in [1.54, 1.807) is 11.7 Å². The molecule has 32 heavy (non-hydrogen) atoms. The highest BCUT2D eigenvalue weighted by molar-refractivity contribution is 7.98. The Kier molecular flexibility index (Phi) is 6.80. The van der Waals surface area contributed by atoms with Crippen LogP contribution in [0.5, 0.6) is 5.75 Å². The van der Waals surface area contributed by atoms with E-state index in [-0.39, 0.29) is 24.2 Å². The summed E-state index contributed by atoms with van der Waals surface area (Å²) in [5.74, 6) is 0.237. The summed E-state index contributed by atoms with van der Waals surface area (Å²) < 4.78 is 12.3. The van der Waals surface area contributed by atoms with E-state index in [1.165, 1.54) is 18.0 Å². The van der Waals surface area contributed by atoms with Gasteiger partial charge in [0.1, 0.15) is 5.75 Å². The molecule has 1 saturated carbocycles. The van der Waals surface area contributed by atoms with Crippen molar-refractivity contribution in [1.82, 2.24) is 14.9 Å². The van der Waals surface area contributed by atoms with E-state index in [2.05, 4.69) is 10.3 Å². The number of methoxy groups -OCH3 is 1. The van der Waals surface area contributed by atoms with E-state index in [0.717, 1.165) is 29.8 Å². The van der Waals surface area contributed by atoms with E-state index in [0.29, 0.717) is 11.1 Å². The monoisotopic (exact) mass is 451 g/mol. The van der Waals surface area contributed by atoms with Crippen molar-refractivity contribution in [2.45, 2.75) is 24.0 Å². The molecule has 0 radical (unpaired) electrons. The van der Waals surface area contributed by atoms with Gasteiger partial charge in [-0.15, -0.1) is 0 Å². The first kappa shape index (κ1) is 22.0. The fourth-order valence-electron chi connectivity index (χ4n) is 3.58. The zero-order chi connectivity index (χ0) is 22.5. The van der Waals surface area contributed by atoms with Gasteiger partial charge in [-0.2, -0.15) is 0 Å². The van der Waals surface area contributed by atoms with Crippen molar-refractivity contribution in [2.24, 2.45) is 5.92 Å². The number of benzene rings is 2. The van der Waals surface area contributed by atoms with Crippen molar-refractivity contribution >= 4 is 23.6 Å². The molecular weight excluding hydrogens is 426 g/mol.